The number of aryl methyl sites for hydroxylation is 1. The van der Waals surface area contributed by atoms with Crippen LogP contribution in [0.4, 0.5) is 5.69 Å². The Morgan fingerprint density at radius 3 is 2.79 bits per heavy atom. The number of rotatable bonds is 4. The highest BCUT2D eigenvalue weighted by Gasteiger charge is 2.05. The second-order valence-electron chi connectivity index (χ2n) is 5.61. The van der Waals surface area contributed by atoms with Crippen LogP contribution >= 0.6 is 22.9 Å². The largest absolute Gasteiger partial charge is 0.380 e. The monoisotopic (exact) mass is 354 g/mol. The summed E-state index contributed by atoms with van der Waals surface area (Å²) in [7, 11) is 0. The zero-order chi connectivity index (χ0) is 16.5. The lowest BCUT2D eigenvalue weighted by Crippen LogP contribution is -1.96. The zero-order valence-electron chi connectivity index (χ0n) is 13.0. The van der Waals surface area contributed by atoms with Gasteiger partial charge < -0.3 is 9.72 Å². The Balaban J connectivity index is 1.51. The molecule has 3 aromatic heterocycles. The molecule has 0 spiro atoms. The first kappa shape index (κ1) is 15.2. The number of aromatic nitrogens is 3. The van der Waals surface area contributed by atoms with Crippen molar-refractivity contribution in [1.29, 1.82) is 0 Å². The fourth-order valence-corrected chi connectivity index (χ4v) is 3.45. The molecule has 0 saturated heterocycles. The predicted octanol–water partition coefficient (Wildman–Crippen LogP) is 5.03. The van der Waals surface area contributed by atoms with Gasteiger partial charge in [-0.05, 0) is 36.8 Å². The van der Waals surface area contributed by atoms with E-state index in [9.17, 15) is 0 Å². The molecule has 0 fully saturated rings. The first-order valence-electron chi connectivity index (χ1n) is 7.57. The molecule has 4 aromatic rings. The molecule has 0 radical (unpaired) electrons. The van der Waals surface area contributed by atoms with E-state index in [1.807, 2.05) is 10.6 Å². The maximum absolute atomic E-state index is 5.84. The fraction of sp³-hybridized carbons (Fsp3) is 0.111. The third kappa shape index (κ3) is 3.13. The van der Waals surface area contributed by atoms with Gasteiger partial charge in [-0.2, -0.15) is 0 Å². The average molecular weight is 355 g/mol. The first-order chi connectivity index (χ1) is 11.7. The molecular formula is C18H15ClN4S. The van der Waals surface area contributed by atoms with Crippen molar-refractivity contribution >= 4 is 34.3 Å². The Morgan fingerprint density at radius 2 is 2.04 bits per heavy atom. The summed E-state index contributed by atoms with van der Waals surface area (Å²) < 4.78 is 2.62. The maximum atomic E-state index is 5.84. The van der Waals surface area contributed by atoms with E-state index in [1.54, 1.807) is 6.20 Å². The van der Waals surface area contributed by atoms with Crippen LogP contribution in [0.3, 0.4) is 0 Å². The molecule has 120 valence electrons. The molecule has 0 aliphatic carbocycles. The lowest BCUT2D eigenvalue weighted by molar-refractivity contribution is 1.17. The molecule has 24 heavy (non-hydrogen) atoms. The van der Waals surface area contributed by atoms with E-state index in [0.717, 1.165) is 34.0 Å². The van der Waals surface area contributed by atoms with E-state index >= 15 is 0 Å². The number of benzene rings is 1. The summed E-state index contributed by atoms with van der Waals surface area (Å²) in [5, 5.41) is 3.37. The molecule has 6 heteroatoms. The summed E-state index contributed by atoms with van der Waals surface area (Å²) in [4.78, 5) is 9.84. The van der Waals surface area contributed by atoms with E-state index in [1.165, 1.54) is 16.9 Å². The number of imidazole rings is 1. The number of nitrogens with zero attached hydrogens (tertiary/aromatic N) is 3. The maximum Gasteiger partial charge on any atom is 0.183 e. The highest BCUT2D eigenvalue weighted by molar-refractivity contribution is 7.15. The molecule has 0 aliphatic heterocycles. The van der Waals surface area contributed by atoms with Crippen LogP contribution in [0.2, 0.25) is 4.47 Å². The van der Waals surface area contributed by atoms with Crippen LogP contribution in [0.25, 0.3) is 16.9 Å². The molecule has 3 heterocycles. The van der Waals surface area contributed by atoms with E-state index in [4.69, 9.17) is 16.6 Å². The molecule has 1 N–H and O–H groups in total. The number of pyridine rings is 1. The fourth-order valence-electron chi connectivity index (χ4n) is 2.54. The Bertz CT molecular complexity index is 988. The highest BCUT2D eigenvalue weighted by atomic mass is 35.5. The van der Waals surface area contributed by atoms with Crippen molar-refractivity contribution in [3.8, 4) is 11.3 Å². The van der Waals surface area contributed by atoms with E-state index < -0.39 is 0 Å². The highest BCUT2D eigenvalue weighted by Crippen LogP contribution is 2.23. The van der Waals surface area contributed by atoms with Crippen LogP contribution in [0.1, 0.15) is 10.4 Å². The molecule has 0 saturated carbocycles. The normalized spacial score (nSPS) is 11.1. The number of halogens is 1. The smallest absolute Gasteiger partial charge is 0.183 e. The number of nitrogens with one attached hydrogen (secondary N) is 1. The van der Waals surface area contributed by atoms with E-state index in [0.29, 0.717) is 4.47 Å². The minimum atomic E-state index is 0.573. The third-order valence-corrected chi connectivity index (χ3v) is 4.90. The van der Waals surface area contributed by atoms with Crippen LogP contribution in [0.5, 0.6) is 0 Å². The topological polar surface area (TPSA) is 42.2 Å². The molecular weight excluding hydrogens is 340 g/mol. The molecule has 4 nitrogen and oxygen atoms in total. The third-order valence-electron chi connectivity index (χ3n) is 3.79. The average Bonchev–Trinajstić information content (AvgIpc) is 3.19. The van der Waals surface area contributed by atoms with Gasteiger partial charge in [0.25, 0.3) is 0 Å². The minimum absolute atomic E-state index is 0.573. The molecule has 0 bridgehead atoms. The van der Waals surface area contributed by atoms with Crippen LogP contribution in [0.15, 0.2) is 55.0 Å². The van der Waals surface area contributed by atoms with Crippen LogP contribution in [-0.4, -0.2) is 14.4 Å². The van der Waals surface area contributed by atoms with Gasteiger partial charge in [0, 0.05) is 34.7 Å². The minimum Gasteiger partial charge on any atom is -0.380 e. The van der Waals surface area contributed by atoms with Crippen molar-refractivity contribution < 1.29 is 0 Å². The van der Waals surface area contributed by atoms with Crippen molar-refractivity contribution in [1.82, 2.24) is 14.4 Å². The Morgan fingerprint density at radius 1 is 1.21 bits per heavy atom. The lowest BCUT2D eigenvalue weighted by atomic mass is 10.1. The molecule has 0 atom stereocenters. The molecule has 4 rings (SSSR count). The van der Waals surface area contributed by atoms with Gasteiger partial charge in [-0.3, -0.25) is 0 Å². The molecule has 0 amide bonds. The summed E-state index contributed by atoms with van der Waals surface area (Å²) in [5.74, 6) is 0. The molecule has 1 aromatic carbocycles. The zero-order valence-corrected chi connectivity index (χ0v) is 14.6. The number of thiazole rings is 1. The van der Waals surface area contributed by atoms with E-state index in [2.05, 4.69) is 59.8 Å². The summed E-state index contributed by atoms with van der Waals surface area (Å²) in [6, 6.07) is 12.4. The van der Waals surface area contributed by atoms with Gasteiger partial charge in [0.2, 0.25) is 0 Å². The lowest BCUT2D eigenvalue weighted by Gasteiger charge is -2.05. The van der Waals surface area contributed by atoms with Gasteiger partial charge in [0.05, 0.1) is 12.2 Å². The summed E-state index contributed by atoms with van der Waals surface area (Å²) in [6.45, 7) is 2.79. The number of hydrogen-bond acceptors (Lipinski definition) is 4. The van der Waals surface area contributed by atoms with Gasteiger partial charge in [0.15, 0.2) is 4.47 Å². The molecule has 0 aliphatic rings. The number of fused-ring (bicyclic) bond motifs is 1. The number of anilines is 1. The second kappa shape index (κ2) is 6.26. The number of hydrogen-bond donors (Lipinski definition) is 1. The van der Waals surface area contributed by atoms with Crippen molar-refractivity contribution in [2.75, 3.05) is 5.32 Å². The standard InChI is InChI=1S/C18H15ClN4S/c1-12-6-7-23-11-16(22-17(23)8-12)13-2-4-14(5-3-13)20-9-15-10-21-18(19)24-15/h2-8,10-11,20H,9H2,1H3. The van der Waals surface area contributed by atoms with Crippen molar-refractivity contribution in [2.45, 2.75) is 13.5 Å². The van der Waals surface area contributed by atoms with Gasteiger partial charge in [0.1, 0.15) is 5.65 Å². The van der Waals surface area contributed by atoms with Crippen molar-refractivity contribution in [3.63, 3.8) is 0 Å². The van der Waals surface area contributed by atoms with Crippen LogP contribution < -0.4 is 5.32 Å². The summed E-state index contributed by atoms with van der Waals surface area (Å²) >= 11 is 7.33. The first-order valence-corrected chi connectivity index (χ1v) is 8.77. The van der Waals surface area contributed by atoms with Crippen molar-refractivity contribution in [3.05, 3.63) is 69.9 Å². The quantitative estimate of drug-likeness (QED) is 0.558. The molecule has 0 unspecified atom stereocenters. The summed E-state index contributed by atoms with van der Waals surface area (Å²) in [5.41, 5.74) is 5.31. The van der Waals surface area contributed by atoms with E-state index in [-0.39, 0.29) is 0 Å². The summed E-state index contributed by atoms with van der Waals surface area (Å²) in [6.07, 6.45) is 5.89. The predicted molar refractivity (Wildman–Crippen MR) is 99.8 cm³/mol. The van der Waals surface area contributed by atoms with Crippen LogP contribution in [0, 0.1) is 6.92 Å². The Kier molecular flexibility index (Phi) is 3.96. The van der Waals surface area contributed by atoms with Crippen LogP contribution in [-0.2, 0) is 6.54 Å². The Labute approximate surface area is 148 Å². The van der Waals surface area contributed by atoms with Gasteiger partial charge >= 0.3 is 0 Å². The van der Waals surface area contributed by atoms with Crippen molar-refractivity contribution in [2.24, 2.45) is 0 Å². The second-order valence-corrected chi connectivity index (χ2v) is 7.30. The van der Waals surface area contributed by atoms with Gasteiger partial charge in [-0.15, -0.1) is 11.3 Å². The Hall–Kier alpha value is -2.37. The van der Waals surface area contributed by atoms with Gasteiger partial charge in [-0.1, -0.05) is 23.7 Å². The SMILES string of the molecule is Cc1ccn2cc(-c3ccc(NCc4cnc(Cl)s4)cc3)nc2c1. The van der Waals surface area contributed by atoms with Gasteiger partial charge in [-0.25, -0.2) is 9.97 Å².